The first-order valence-electron chi connectivity index (χ1n) is 11.6. The van der Waals surface area contributed by atoms with Crippen LogP contribution in [-0.2, 0) is 17.9 Å². The first-order valence-corrected chi connectivity index (χ1v) is 12.4. The van der Waals surface area contributed by atoms with Gasteiger partial charge in [0.1, 0.15) is 0 Å². The van der Waals surface area contributed by atoms with Gasteiger partial charge in [-0.25, -0.2) is 24.2 Å². The second-order valence-corrected chi connectivity index (χ2v) is 9.53. The van der Waals surface area contributed by atoms with Crippen molar-refractivity contribution in [2.45, 2.75) is 19.1 Å². The van der Waals surface area contributed by atoms with Crippen LogP contribution in [-0.4, -0.2) is 57.7 Å². The predicted octanol–water partition coefficient (Wildman–Crippen LogP) is 2.25. The Bertz CT molecular complexity index is 1440. The smallest absolute Gasteiger partial charge is 0.421 e. The molecule has 9 nitrogen and oxygen atoms in total. The van der Waals surface area contributed by atoms with E-state index in [1.807, 2.05) is 60.7 Å². The number of rotatable bonds is 6. The van der Waals surface area contributed by atoms with Crippen LogP contribution in [0, 0.1) is 0 Å². The summed E-state index contributed by atoms with van der Waals surface area (Å²) in [5.74, 6) is 0.0802. The van der Waals surface area contributed by atoms with Gasteiger partial charge in [-0.15, -0.1) is 5.10 Å². The number of imide groups is 1. The average Bonchev–Trinajstić information content (AvgIpc) is 3.26. The van der Waals surface area contributed by atoms with E-state index < -0.39 is 12.1 Å². The van der Waals surface area contributed by atoms with E-state index >= 15 is 0 Å². The standard InChI is InChI=1S/C27H23BrN6O3/c1-32-24-23(25(36)34(27(32)37)17-19-10-6-3-7-11-19)33(16-18-8-4-2-5-9-18)26(30-24)31-29-15-20-14-21(28)12-13-22(20)35/h2-15,23H,16-17H2,1H3,(H,29,35). The number of urea groups is 1. The fourth-order valence-corrected chi connectivity index (χ4v) is 4.62. The van der Waals surface area contributed by atoms with Gasteiger partial charge >= 0.3 is 17.8 Å². The second kappa shape index (κ2) is 10.3. The zero-order valence-electron chi connectivity index (χ0n) is 19.9. The van der Waals surface area contributed by atoms with E-state index in [4.69, 9.17) is 0 Å². The van der Waals surface area contributed by atoms with Gasteiger partial charge in [-0.05, 0) is 28.8 Å². The third kappa shape index (κ3) is 4.97. The minimum atomic E-state index is -0.815. The van der Waals surface area contributed by atoms with Gasteiger partial charge in [-0.2, -0.15) is 5.43 Å². The molecule has 0 radical (unpaired) electrons. The number of guanidine groups is 1. The summed E-state index contributed by atoms with van der Waals surface area (Å²) in [7, 11) is 1.61. The molecule has 1 unspecified atom stereocenters. The summed E-state index contributed by atoms with van der Waals surface area (Å²) < 4.78 is 5.34. The summed E-state index contributed by atoms with van der Waals surface area (Å²) in [5, 5.41) is 16.4. The maximum atomic E-state index is 13.7. The van der Waals surface area contributed by atoms with Crippen molar-refractivity contribution in [1.29, 1.82) is 0 Å². The van der Waals surface area contributed by atoms with Crippen molar-refractivity contribution in [3.63, 3.8) is 0 Å². The lowest BCUT2D eigenvalue weighted by molar-refractivity contribution is -0.268. The van der Waals surface area contributed by atoms with Crippen LogP contribution in [0.3, 0.4) is 0 Å². The number of amides is 3. The second-order valence-electron chi connectivity index (χ2n) is 8.61. The normalized spacial score (nSPS) is 17.2. The van der Waals surface area contributed by atoms with Crippen molar-refractivity contribution in [3.8, 4) is 5.75 Å². The number of halogens is 1. The Morgan fingerprint density at radius 3 is 2.32 bits per heavy atom. The number of nitrogens with zero attached hydrogens (tertiary/aromatic N) is 5. The lowest BCUT2D eigenvalue weighted by Crippen LogP contribution is -2.64. The summed E-state index contributed by atoms with van der Waals surface area (Å²) in [5.41, 5.74) is 5.08. The fraction of sp³-hybridized carbons (Fsp3) is 0.148. The average molecular weight is 559 g/mol. The Morgan fingerprint density at radius 1 is 1.00 bits per heavy atom. The number of hydrazone groups is 1. The van der Waals surface area contributed by atoms with Crippen molar-refractivity contribution >= 4 is 45.9 Å². The molecule has 0 aliphatic carbocycles. The van der Waals surface area contributed by atoms with E-state index in [-0.39, 0.29) is 18.2 Å². The maximum Gasteiger partial charge on any atom is 0.421 e. The molecule has 5 rings (SSSR count). The van der Waals surface area contributed by atoms with Gasteiger partial charge < -0.3 is 5.11 Å². The number of nitrogens with one attached hydrogen (secondary N) is 1. The minimum Gasteiger partial charge on any atom is -0.872 e. The lowest BCUT2D eigenvalue weighted by atomic mass is 10.1. The van der Waals surface area contributed by atoms with Crippen molar-refractivity contribution in [3.05, 3.63) is 100 Å². The Labute approximate surface area is 222 Å². The number of hydrogen-bond donors (Lipinski definition) is 1. The molecular weight excluding hydrogens is 536 g/mol. The van der Waals surface area contributed by atoms with Gasteiger partial charge in [0.15, 0.2) is 0 Å². The summed E-state index contributed by atoms with van der Waals surface area (Å²) in [6.45, 7) is 0.509. The molecule has 10 heteroatoms. The molecule has 186 valence electrons. The fourth-order valence-electron chi connectivity index (χ4n) is 4.25. The van der Waals surface area contributed by atoms with Crippen molar-refractivity contribution in [2.75, 3.05) is 7.05 Å². The molecule has 0 spiro atoms. The molecule has 2 heterocycles. The number of benzene rings is 3. The first kappa shape index (κ1) is 24.3. The van der Waals surface area contributed by atoms with Gasteiger partial charge in [-0.3, -0.25) is 4.79 Å². The van der Waals surface area contributed by atoms with Crippen molar-refractivity contribution in [2.24, 2.45) is 5.10 Å². The molecule has 2 aliphatic rings. The zero-order valence-corrected chi connectivity index (χ0v) is 21.5. The number of likely N-dealkylation sites (N-methyl/N-ethyl adjacent to an activating group) is 1. The highest BCUT2D eigenvalue weighted by atomic mass is 79.9. The van der Waals surface area contributed by atoms with E-state index in [2.05, 4.69) is 31.1 Å². The molecule has 3 aromatic carbocycles. The molecule has 2 aliphatic heterocycles. The van der Waals surface area contributed by atoms with Crippen LogP contribution in [0.1, 0.15) is 16.7 Å². The highest BCUT2D eigenvalue weighted by molar-refractivity contribution is 9.10. The van der Waals surface area contributed by atoms with Gasteiger partial charge in [0, 0.05) is 4.47 Å². The lowest BCUT2D eigenvalue weighted by Gasteiger charge is -2.34. The van der Waals surface area contributed by atoms with Crippen molar-refractivity contribution in [1.82, 2.24) is 24.8 Å². The van der Waals surface area contributed by atoms with E-state index in [0.717, 1.165) is 15.6 Å². The predicted molar refractivity (Wildman–Crippen MR) is 142 cm³/mol. The molecular formula is C27H23BrN6O3. The van der Waals surface area contributed by atoms with Gasteiger partial charge in [0.2, 0.25) is 6.04 Å². The number of carbonyl (C=O) groups excluding carboxylic acids is 2. The molecule has 1 fully saturated rings. The number of fused-ring (bicyclic) bond motifs is 1. The molecule has 0 bridgehead atoms. The van der Waals surface area contributed by atoms with Crippen LogP contribution in [0.2, 0.25) is 0 Å². The molecule has 0 aromatic heterocycles. The minimum absolute atomic E-state index is 0.155. The first-order chi connectivity index (χ1) is 17.9. The Morgan fingerprint density at radius 2 is 1.65 bits per heavy atom. The topological polar surface area (TPSA) is 105 Å². The maximum absolute atomic E-state index is 13.7. The van der Waals surface area contributed by atoms with Crippen LogP contribution in [0.15, 0.2) is 88.4 Å². The largest absolute Gasteiger partial charge is 0.872 e. The number of hydrogen-bond acceptors (Lipinski definition) is 6. The highest BCUT2D eigenvalue weighted by Gasteiger charge is 2.55. The summed E-state index contributed by atoms with van der Waals surface area (Å²) in [4.78, 5) is 31.3. The molecule has 1 saturated heterocycles. The van der Waals surface area contributed by atoms with Gasteiger partial charge in [0.05, 0.1) is 26.4 Å². The zero-order chi connectivity index (χ0) is 25.9. The molecule has 3 amide bonds. The van der Waals surface area contributed by atoms with E-state index in [9.17, 15) is 14.7 Å². The van der Waals surface area contributed by atoms with Crippen LogP contribution >= 0.6 is 15.9 Å². The summed E-state index contributed by atoms with van der Waals surface area (Å²) in [6, 6.07) is 22.6. The SMILES string of the molecule is CN1C(=O)N(Cc2ccccc2)C(=O)C2C1=[N+]=C(N/N=C/c1cc(Br)ccc1[O-])N2Cc1ccccc1. The van der Waals surface area contributed by atoms with Crippen LogP contribution in [0.5, 0.6) is 5.75 Å². The molecule has 3 aromatic rings. The Hall–Kier alpha value is -4.40. The quantitative estimate of drug-likeness (QED) is 0.284. The van der Waals surface area contributed by atoms with E-state index in [1.54, 1.807) is 24.1 Å². The molecule has 37 heavy (non-hydrogen) atoms. The molecule has 1 atom stereocenters. The molecule has 0 saturated carbocycles. The highest BCUT2D eigenvalue weighted by Crippen LogP contribution is 2.23. The van der Waals surface area contributed by atoms with Crippen LogP contribution in [0.4, 0.5) is 4.79 Å². The summed E-state index contributed by atoms with van der Waals surface area (Å²) in [6.07, 6.45) is 1.40. The van der Waals surface area contributed by atoms with E-state index in [0.29, 0.717) is 23.9 Å². The number of carbonyl (C=O) groups is 2. The summed E-state index contributed by atoms with van der Waals surface area (Å²) >= 11 is 3.35. The van der Waals surface area contributed by atoms with E-state index in [1.165, 1.54) is 22.1 Å². The third-order valence-corrected chi connectivity index (χ3v) is 6.62. The van der Waals surface area contributed by atoms with Crippen molar-refractivity contribution < 1.29 is 14.7 Å². The molecule has 1 N–H and O–H groups in total. The third-order valence-electron chi connectivity index (χ3n) is 6.13. The monoisotopic (exact) mass is 558 g/mol. The van der Waals surface area contributed by atoms with Crippen LogP contribution < -0.4 is 15.2 Å². The Kier molecular flexibility index (Phi) is 6.76. The van der Waals surface area contributed by atoms with Gasteiger partial charge in [-0.1, -0.05) is 88.4 Å². The van der Waals surface area contributed by atoms with Gasteiger partial charge in [0.25, 0.3) is 5.91 Å². The Balaban J connectivity index is 1.46. The number of amidine groups is 1. The van der Waals surface area contributed by atoms with Crippen LogP contribution in [0.25, 0.3) is 0 Å².